The quantitative estimate of drug-likeness (QED) is 0.650. The lowest BCUT2D eigenvalue weighted by Crippen LogP contribution is -2.37. The van der Waals surface area contributed by atoms with Gasteiger partial charge in [-0.25, -0.2) is 0 Å². The molecule has 0 atom stereocenters. The molecule has 0 aliphatic heterocycles. The van der Waals surface area contributed by atoms with Crippen molar-refractivity contribution in [1.29, 1.82) is 0 Å². The molecule has 0 radical (unpaired) electrons. The first-order valence-electron chi connectivity index (χ1n) is 8.55. The standard InChI is InChI=1S/C20H20Cl2N2O4/c1-3-18(25)13-4-7-15(8-5-13)28-12-20(27)24(2)11-19(26)23-14-6-9-16(21)17(22)10-14/h4-10H,3,11-12H2,1-2H3,(H,23,26). The average Bonchev–Trinajstić information content (AvgIpc) is 2.68. The fraction of sp³-hybridized carbons (Fsp3) is 0.250. The van der Waals surface area contributed by atoms with Gasteiger partial charge in [0, 0.05) is 24.7 Å². The molecule has 28 heavy (non-hydrogen) atoms. The van der Waals surface area contributed by atoms with Crippen LogP contribution in [-0.4, -0.2) is 42.7 Å². The summed E-state index contributed by atoms with van der Waals surface area (Å²) in [6, 6.07) is 11.3. The van der Waals surface area contributed by atoms with Crippen LogP contribution in [0.2, 0.25) is 10.0 Å². The van der Waals surface area contributed by atoms with E-state index in [4.69, 9.17) is 27.9 Å². The molecule has 2 rings (SSSR count). The van der Waals surface area contributed by atoms with Crippen molar-refractivity contribution in [3.8, 4) is 5.75 Å². The maximum atomic E-state index is 12.2. The predicted octanol–water partition coefficient (Wildman–Crippen LogP) is 4.06. The van der Waals surface area contributed by atoms with Crippen molar-refractivity contribution in [2.24, 2.45) is 0 Å². The number of carbonyl (C=O) groups excluding carboxylic acids is 3. The number of Topliss-reactive ketones (excluding diaryl/α,β-unsaturated/α-hetero) is 1. The van der Waals surface area contributed by atoms with Gasteiger partial charge in [0.1, 0.15) is 5.75 Å². The van der Waals surface area contributed by atoms with Gasteiger partial charge in [-0.3, -0.25) is 14.4 Å². The summed E-state index contributed by atoms with van der Waals surface area (Å²) in [7, 11) is 1.50. The molecule has 0 spiro atoms. The topological polar surface area (TPSA) is 75.7 Å². The Labute approximate surface area is 173 Å². The summed E-state index contributed by atoms with van der Waals surface area (Å²) < 4.78 is 5.42. The fourth-order valence-corrected chi connectivity index (χ4v) is 2.57. The van der Waals surface area contributed by atoms with Crippen LogP contribution in [0, 0.1) is 0 Å². The molecule has 0 bridgehead atoms. The van der Waals surface area contributed by atoms with E-state index in [1.54, 1.807) is 43.3 Å². The molecule has 8 heteroatoms. The van der Waals surface area contributed by atoms with Crippen LogP contribution in [0.1, 0.15) is 23.7 Å². The number of hydrogen-bond donors (Lipinski definition) is 1. The van der Waals surface area contributed by atoms with Gasteiger partial charge in [-0.15, -0.1) is 0 Å². The van der Waals surface area contributed by atoms with E-state index in [9.17, 15) is 14.4 Å². The number of carbonyl (C=O) groups is 3. The second-order valence-electron chi connectivity index (χ2n) is 6.02. The number of nitrogens with one attached hydrogen (secondary N) is 1. The van der Waals surface area contributed by atoms with Gasteiger partial charge >= 0.3 is 0 Å². The van der Waals surface area contributed by atoms with E-state index in [1.165, 1.54) is 18.0 Å². The molecule has 2 aromatic rings. The molecule has 0 fully saturated rings. The summed E-state index contributed by atoms with van der Waals surface area (Å²) in [6.07, 6.45) is 0.424. The Morgan fingerprint density at radius 1 is 1.04 bits per heavy atom. The van der Waals surface area contributed by atoms with Crippen LogP contribution in [0.25, 0.3) is 0 Å². The summed E-state index contributed by atoms with van der Waals surface area (Å²) in [5.41, 5.74) is 1.08. The van der Waals surface area contributed by atoms with Gasteiger partial charge in [0.25, 0.3) is 5.91 Å². The second-order valence-corrected chi connectivity index (χ2v) is 6.83. The minimum Gasteiger partial charge on any atom is -0.484 e. The number of rotatable bonds is 8. The summed E-state index contributed by atoms with van der Waals surface area (Å²) in [5, 5.41) is 3.35. The highest BCUT2D eigenvalue weighted by Crippen LogP contribution is 2.24. The Hall–Kier alpha value is -2.57. The Kier molecular flexibility index (Phi) is 7.84. The first kappa shape index (κ1) is 21.7. The summed E-state index contributed by atoms with van der Waals surface area (Å²) in [5.74, 6) is -0.236. The minimum atomic E-state index is -0.378. The fourth-order valence-electron chi connectivity index (χ4n) is 2.27. The van der Waals surface area contributed by atoms with Crippen LogP contribution in [-0.2, 0) is 9.59 Å². The van der Waals surface area contributed by atoms with Gasteiger partial charge in [0.2, 0.25) is 5.91 Å². The van der Waals surface area contributed by atoms with E-state index in [0.29, 0.717) is 33.5 Å². The molecular weight excluding hydrogens is 403 g/mol. The number of hydrogen-bond acceptors (Lipinski definition) is 4. The number of benzene rings is 2. The molecule has 2 aromatic carbocycles. The SMILES string of the molecule is CCC(=O)c1ccc(OCC(=O)N(C)CC(=O)Nc2ccc(Cl)c(Cl)c2)cc1. The molecule has 0 unspecified atom stereocenters. The number of ketones is 1. The molecule has 0 saturated heterocycles. The zero-order chi connectivity index (χ0) is 20.7. The van der Waals surface area contributed by atoms with Crippen LogP contribution >= 0.6 is 23.2 Å². The zero-order valence-corrected chi connectivity index (χ0v) is 17.0. The van der Waals surface area contributed by atoms with E-state index >= 15 is 0 Å². The zero-order valence-electron chi connectivity index (χ0n) is 15.5. The van der Waals surface area contributed by atoms with Gasteiger partial charge in [-0.2, -0.15) is 0 Å². The molecule has 0 aromatic heterocycles. The number of ether oxygens (including phenoxy) is 1. The molecule has 1 N–H and O–H groups in total. The Morgan fingerprint density at radius 2 is 1.71 bits per heavy atom. The molecular formula is C20H20Cl2N2O4. The molecule has 0 aliphatic rings. The third-order valence-corrected chi connectivity index (χ3v) is 4.61. The average molecular weight is 423 g/mol. The molecule has 2 amide bonds. The second kappa shape index (κ2) is 10.1. The number of halogens is 2. The molecule has 0 saturated carbocycles. The number of amides is 2. The highest BCUT2D eigenvalue weighted by atomic mass is 35.5. The maximum Gasteiger partial charge on any atom is 0.260 e. The smallest absolute Gasteiger partial charge is 0.260 e. The molecule has 0 heterocycles. The normalized spacial score (nSPS) is 10.3. The van der Waals surface area contributed by atoms with Gasteiger partial charge in [0.15, 0.2) is 12.4 Å². The summed E-state index contributed by atoms with van der Waals surface area (Å²) >= 11 is 11.7. The van der Waals surface area contributed by atoms with Crippen LogP contribution in [0.5, 0.6) is 5.75 Å². The Bertz CT molecular complexity index is 869. The minimum absolute atomic E-state index is 0.0374. The lowest BCUT2D eigenvalue weighted by molar-refractivity contribution is -0.135. The highest BCUT2D eigenvalue weighted by Gasteiger charge is 2.14. The third-order valence-electron chi connectivity index (χ3n) is 3.87. The van der Waals surface area contributed by atoms with E-state index in [1.807, 2.05) is 0 Å². The first-order chi connectivity index (χ1) is 13.3. The van der Waals surface area contributed by atoms with Crippen LogP contribution < -0.4 is 10.1 Å². The maximum absolute atomic E-state index is 12.2. The Morgan fingerprint density at radius 3 is 2.32 bits per heavy atom. The van der Waals surface area contributed by atoms with Gasteiger partial charge in [-0.05, 0) is 42.5 Å². The predicted molar refractivity (Wildman–Crippen MR) is 109 cm³/mol. The van der Waals surface area contributed by atoms with Gasteiger partial charge in [0.05, 0.1) is 16.6 Å². The number of likely N-dealkylation sites (N-methyl/N-ethyl adjacent to an activating group) is 1. The largest absolute Gasteiger partial charge is 0.484 e. The van der Waals surface area contributed by atoms with E-state index in [2.05, 4.69) is 5.32 Å². The lowest BCUT2D eigenvalue weighted by Gasteiger charge is -2.17. The molecule has 0 aliphatic carbocycles. The summed E-state index contributed by atoms with van der Waals surface area (Å²) in [6.45, 7) is 1.42. The van der Waals surface area contributed by atoms with E-state index < -0.39 is 0 Å². The van der Waals surface area contributed by atoms with Crippen LogP contribution in [0.15, 0.2) is 42.5 Å². The van der Waals surface area contributed by atoms with Crippen molar-refractivity contribution in [3.63, 3.8) is 0 Å². The van der Waals surface area contributed by atoms with E-state index in [-0.39, 0.29) is 30.7 Å². The van der Waals surface area contributed by atoms with Gasteiger partial charge in [-0.1, -0.05) is 30.1 Å². The third kappa shape index (κ3) is 6.25. The van der Waals surface area contributed by atoms with Gasteiger partial charge < -0.3 is 15.0 Å². The van der Waals surface area contributed by atoms with Crippen molar-refractivity contribution >= 4 is 46.5 Å². The van der Waals surface area contributed by atoms with Crippen molar-refractivity contribution in [3.05, 3.63) is 58.1 Å². The monoisotopic (exact) mass is 422 g/mol. The van der Waals surface area contributed by atoms with Crippen molar-refractivity contribution in [2.75, 3.05) is 25.5 Å². The van der Waals surface area contributed by atoms with Crippen LogP contribution in [0.3, 0.4) is 0 Å². The molecule has 6 nitrogen and oxygen atoms in total. The van der Waals surface area contributed by atoms with Crippen molar-refractivity contribution in [2.45, 2.75) is 13.3 Å². The number of anilines is 1. The highest BCUT2D eigenvalue weighted by molar-refractivity contribution is 6.42. The van der Waals surface area contributed by atoms with Crippen molar-refractivity contribution in [1.82, 2.24) is 4.90 Å². The van der Waals surface area contributed by atoms with Crippen LogP contribution in [0.4, 0.5) is 5.69 Å². The first-order valence-corrected chi connectivity index (χ1v) is 9.30. The Balaban J connectivity index is 1.82. The van der Waals surface area contributed by atoms with E-state index in [0.717, 1.165) is 0 Å². The van der Waals surface area contributed by atoms with Crippen molar-refractivity contribution < 1.29 is 19.1 Å². The summed E-state index contributed by atoms with van der Waals surface area (Å²) in [4.78, 5) is 37.1. The number of nitrogens with zero attached hydrogens (tertiary/aromatic N) is 1. The molecule has 148 valence electrons. The lowest BCUT2D eigenvalue weighted by atomic mass is 10.1.